The highest BCUT2D eigenvalue weighted by Gasteiger charge is 2.06. The third-order valence-corrected chi connectivity index (χ3v) is 3.39. The van der Waals surface area contributed by atoms with Gasteiger partial charge in [-0.1, -0.05) is 51.8 Å². The van der Waals surface area contributed by atoms with Gasteiger partial charge in [0.05, 0.1) is 0 Å². The Labute approximate surface area is 111 Å². The van der Waals surface area contributed by atoms with Crippen LogP contribution >= 0.6 is 11.6 Å². The van der Waals surface area contributed by atoms with Crippen molar-refractivity contribution in [3.63, 3.8) is 0 Å². The van der Waals surface area contributed by atoms with E-state index in [2.05, 4.69) is 45.1 Å². The lowest BCUT2D eigenvalue weighted by Gasteiger charge is -2.14. The molecule has 0 aromatic heterocycles. The molecule has 2 heteroatoms. The van der Waals surface area contributed by atoms with Gasteiger partial charge in [0.15, 0.2) is 0 Å². The maximum atomic E-state index is 6.26. The highest BCUT2D eigenvalue weighted by molar-refractivity contribution is 6.31. The largest absolute Gasteiger partial charge is 0.385 e. The van der Waals surface area contributed by atoms with Crippen LogP contribution < -0.4 is 5.32 Å². The Bertz CT molecular complexity index is 347. The highest BCUT2D eigenvalue weighted by atomic mass is 35.5. The molecule has 0 saturated heterocycles. The van der Waals surface area contributed by atoms with Crippen LogP contribution in [0.2, 0.25) is 5.02 Å². The van der Waals surface area contributed by atoms with Crippen LogP contribution in [0.4, 0.5) is 5.69 Å². The normalized spacial score (nSPS) is 12.8. The second kappa shape index (κ2) is 6.90. The van der Waals surface area contributed by atoms with E-state index in [1.165, 1.54) is 18.4 Å². The molecule has 0 aliphatic carbocycles. The predicted octanol–water partition coefficient (Wildman–Crippen LogP) is 5.31. The van der Waals surface area contributed by atoms with Gasteiger partial charge in [0, 0.05) is 17.3 Å². The van der Waals surface area contributed by atoms with Crippen molar-refractivity contribution in [1.29, 1.82) is 0 Å². The van der Waals surface area contributed by atoms with Crippen molar-refractivity contribution >= 4 is 17.3 Å². The molecule has 0 heterocycles. The second-order valence-electron chi connectivity index (χ2n) is 5.17. The number of anilines is 1. The first-order chi connectivity index (χ1) is 8.04. The third-order valence-electron chi connectivity index (χ3n) is 3.06. The zero-order chi connectivity index (χ0) is 12.8. The Balaban J connectivity index is 2.58. The van der Waals surface area contributed by atoms with Crippen molar-refractivity contribution in [2.75, 3.05) is 11.9 Å². The van der Waals surface area contributed by atoms with Crippen molar-refractivity contribution in [3.8, 4) is 0 Å². The maximum absolute atomic E-state index is 6.26. The van der Waals surface area contributed by atoms with Crippen LogP contribution in [0.25, 0.3) is 0 Å². The minimum atomic E-state index is 0.482. The summed E-state index contributed by atoms with van der Waals surface area (Å²) in [6.07, 6.45) is 2.51. The van der Waals surface area contributed by atoms with Crippen LogP contribution in [0.5, 0.6) is 0 Å². The SMILES string of the molecule is CCCC(C)CNc1ccc(C(C)C)c(Cl)c1. The lowest BCUT2D eigenvalue weighted by atomic mass is 10.0. The Morgan fingerprint density at radius 1 is 1.24 bits per heavy atom. The smallest absolute Gasteiger partial charge is 0.0461 e. The molecule has 0 amide bonds. The first-order valence-corrected chi connectivity index (χ1v) is 6.95. The molecular weight excluding hydrogens is 230 g/mol. The summed E-state index contributed by atoms with van der Waals surface area (Å²) in [5.41, 5.74) is 2.35. The number of rotatable bonds is 6. The zero-order valence-corrected chi connectivity index (χ0v) is 12.1. The summed E-state index contributed by atoms with van der Waals surface area (Å²) in [6.45, 7) is 9.85. The van der Waals surface area contributed by atoms with Crippen LogP contribution in [0.3, 0.4) is 0 Å². The summed E-state index contributed by atoms with van der Waals surface area (Å²) in [4.78, 5) is 0. The van der Waals surface area contributed by atoms with E-state index in [0.29, 0.717) is 11.8 Å². The summed E-state index contributed by atoms with van der Waals surface area (Å²) < 4.78 is 0. The summed E-state index contributed by atoms with van der Waals surface area (Å²) in [5.74, 6) is 1.19. The van der Waals surface area contributed by atoms with Crippen LogP contribution in [-0.4, -0.2) is 6.54 Å². The lowest BCUT2D eigenvalue weighted by molar-refractivity contribution is 0.551. The molecule has 0 radical (unpaired) electrons. The molecule has 1 aromatic carbocycles. The van der Waals surface area contributed by atoms with Gasteiger partial charge in [-0.2, -0.15) is 0 Å². The molecule has 0 bridgehead atoms. The topological polar surface area (TPSA) is 12.0 Å². The van der Waals surface area contributed by atoms with E-state index in [0.717, 1.165) is 17.3 Å². The fourth-order valence-corrected chi connectivity index (χ4v) is 2.39. The van der Waals surface area contributed by atoms with E-state index in [1.807, 2.05) is 6.07 Å². The number of hydrogen-bond donors (Lipinski definition) is 1. The van der Waals surface area contributed by atoms with E-state index in [-0.39, 0.29) is 0 Å². The minimum absolute atomic E-state index is 0.482. The van der Waals surface area contributed by atoms with Gasteiger partial charge in [-0.05, 0) is 36.0 Å². The van der Waals surface area contributed by atoms with Crippen molar-refractivity contribution in [2.45, 2.75) is 46.5 Å². The van der Waals surface area contributed by atoms with E-state index in [1.54, 1.807) is 0 Å². The molecule has 1 atom stereocenters. The quantitative estimate of drug-likeness (QED) is 0.724. The van der Waals surface area contributed by atoms with Crippen molar-refractivity contribution in [1.82, 2.24) is 0 Å². The second-order valence-corrected chi connectivity index (χ2v) is 5.57. The Morgan fingerprint density at radius 3 is 2.47 bits per heavy atom. The summed E-state index contributed by atoms with van der Waals surface area (Å²) in [7, 11) is 0. The number of hydrogen-bond acceptors (Lipinski definition) is 1. The standard InChI is InChI=1S/C15H24ClN/c1-5-6-12(4)10-17-13-7-8-14(11(2)3)15(16)9-13/h7-9,11-12,17H,5-6,10H2,1-4H3. The fourth-order valence-electron chi connectivity index (χ4n) is 1.99. The number of benzene rings is 1. The third kappa shape index (κ3) is 4.59. The molecule has 1 N–H and O–H groups in total. The van der Waals surface area contributed by atoms with Crippen molar-refractivity contribution in [2.24, 2.45) is 5.92 Å². The lowest BCUT2D eigenvalue weighted by Crippen LogP contribution is -2.11. The maximum Gasteiger partial charge on any atom is 0.0461 e. The van der Waals surface area contributed by atoms with E-state index in [4.69, 9.17) is 11.6 Å². The van der Waals surface area contributed by atoms with Gasteiger partial charge < -0.3 is 5.32 Å². The molecule has 0 aliphatic rings. The van der Waals surface area contributed by atoms with Gasteiger partial charge in [-0.15, -0.1) is 0 Å². The molecule has 0 saturated carbocycles. The van der Waals surface area contributed by atoms with Crippen LogP contribution in [0, 0.1) is 5.92 Å². The van der Waals surface area contributed by atoms with E-state index < -0.39 is 0 Å². The molecule has 1 rings (SSSR count). The molecule has 0 spiro atoms. The molecule has 1 unspecified atom stereocenters. The Hall–Kier alpha value is -0.690. The molecular formula is C15H24ClN. The fraction of sp³-hybridized carbons (Fsp3) is 0.600. The molecule has 0 aliphatic heterocycles. The van der Waals surface area contributed by atoms with Gasteiger partial charge in [0.25, 0.3) is 0 Å². The van der Waals surface area contributed by atoms with Crippen LogP contribution in [0.1, 0.15) is 52.0 Å². The van der Waals surface area contributed by atoms with Gasteiger partial charge in [0.1, 0.15) is 0 Å². The average Bonchev–Trinajstić information content (AvgIpc) is 2.26. The van der Waals surface area contributed by atoms with Gasteiger partial charge >= 0.3 is 0 Å². The van der Waals surface area contributed by atoms with Crippen LogP contribution in [0.15, 0.2) is 18.2 Å². The zero-order valence-electron chi connectivity index (χ0n) is 11.4. The Morgan fingerprint density at radius 2 is 1.94 bits per heavy atom. The monoisotopic (exact) mass is 253 g/mol. The van der Waals surface area contributed by atoms with Crippen molar-refractivity contribution in [3.05, 3.63) is 28.8 Å². The van der Waals surface area contributed by atoms with Crippen molar-refractivity contribution < 1.29 is 0 Å². The average molecular weight is 254 g/mol. The van der Waals surface area contributed by atoms with Gasteiger partial charge in [-0.3, -0.25) is 0 Å². The number of nitrogens with one attached hydrogen (secondary N) is 1. The molecule has 0 fully saturated rings. The predicted molar refractivity (Wildman–Crippen MR) is 78.1 cm³/mol. The van der Waals surface area contributed by atoms with Crippen LogP contribution in [-0.2, 0) is 0 Å². The van der Waals surface area contributed by atoms with Gasteiger partial charge in [-0.25, -0.2) is 0 Å². The summed E-state index contributed by atoms with van der Waals surface area (Å²) >= 11 is 6.26. The first kappa shape index (κ1) is 14.4. The minimum Gasteiger partial charge on any atom is -0.385 e. The number of halogens is 1. The summed E-state index contributed by atoms with van der Waals surface area (Å²) in [5, 5.41) is 4.32. The molecule has 1 aromatic rings. The molecule has 96 valence electrons. The first-order valence-electron chi connectivity index (χ1n) is 6.57. The highest BCUT2D eigenvalue weighted by Crippen LogP contribution is 2.27. The summed E-state index contributed by atoms with van der Waals surface area (Å²) in [6, 6.07) is 6.29. The van der Waals surface area contributed by atoms with E-state index >= 15 is 0 Å². The Kier molecular flexibility index (Phi) is 5.84. The van der Waals surface area contributed by atoms with Gasteiger partial charge in [0.2, 0.25) is 0 Å². The van der Waals surface area contributed by atoms with E-state index in [9.17, 15) is 0 Å². The molecule has 17 heavy (non-hydrogen) atoms. The molecule has 1 nitrogen and oxygen atoms in total.